The Morgan fingerprint density at radius 1 is 1.50 bits per heavy atom. The first kappa shape index (κ1) is 10.4. The van der Waals surface area contributed by atoms with Crippen molar-refractivity contribution in [3.8, 4) is 0 Å². The summed E-state index contributed by atoms with van der Waals surface area (Å²) in [5.41, 5.74) is -0.811. The van der Waals surface area contributed by atoms with Crippen LogP contribution < -0.4 is 0 Å². The van der Waals surface area contributed by atoms with Gasteiger partial charge >= 0.3 is 5.69 Å². The number of hydrogen-bond donors (Lipinski definition) is 0. The van der Waals surface area contributed by atoms with Gasteiger partial charge in [0.2, 0.25) is 11.9 Å². The van der Waals surface area contributed by atoms with Crippen LogP contribution in [0.2, 0.25) is 0 Å². The zero-order valence-corrected chi connectivity index (χ0v) is 8.14. The summed E-state index contributed by atoms with van der Waals surface area (Å²) in [5, 5.41) is 10.5. The Balaban J connectivity index is 2.48. The predicted octanol–water partition coefficient (Wildman–Crippen LogP) is 2.06. The van der Waals surface area contributed by atoms with Crippen LogP contribution in [0.5, 0.6) is 0 Å². The van der Waals surface area contributed by atoms with E-state index in [-0.39, 0.29) is 0 Å². The van der Waals surface area contributed by atoms with Crippen molar-refractivity contribution in [2.24, 2.45) is 4.99 Å². The van der Waals surface area contributed by atoms with Gasteiger partial charge in [-0.15, -0.1) is 0 Å². The Bertz CT molecular complexity index is 505. The molecule has 1 fully saturated rings. The van der Waals surface area contributed by atoms with Gasteiger partial charge in [-0.1, -0.05) is 6.07 Å². The van der Waals surface area contributed by atoms with E-state index in [0.717, 1.165) is 12.1 Å². The fourth-order valence-corrected chi connectivity index (χ4v) is 1.61. The molecule has 0 N–H and O–H groups in total. The number of hydrogen-bond acceptors (Lipinski definition) is 4. The monoisotopic (exact) mass is 222 g/mol. The van der Waals surface area contributed by atoms with E-state index in [1.165, 1.54) is 12.1 Å². The van der Waals surface area contributed by atoms with E-state index < -0.39 is 22.0 Å². The highest BCUT2D eigenvalue weighted by atomic mass is 19.1. The van der Waals surface area contributed by atoms with Crippen LogP contribution in [0.1, 0.15) is 18.4 Å². The number of nitro groups is 1. The summed E-state index contributed by atoms with van der Waals surface area (Å²) in [7, 11) is 0. The fraction of sp³-hybridized carbons (Fsp3) is 0.300. The minimum Gasteiger partial charge on any atom is -0.258 e. The molecule has 0 heterocycles. The molecular formula is C10H7FN2O3. The number of nitrogens with zero attached hydrogens (tertiary/aromatic N) is 2. The lowest BCUT2D eigenvalue weighted by Crippen LogP contribution is -2.04. The quantitative estimate of drug-likeness (QED) is 0.340. The molecule has 82 valence electrons. The summed E-state index contributed by atoms with van der Waals surface area (Å²) in [6.45, 7) is 0. The standard InChI is InChI=1S/C10H7FN2O3/c11-8-2-1-7(5-9(8)13(15)16)10(3-4-10)12-6-14/h1-2,5H,3-4H2. The Hall–Kier alpha value is -2.07. The third-order valence-corrected chi connectivity index (χ3v) is 2.66. The molecule has 1 aliphatic carbocycles. The highest BCUT2D eigenvalue weighted by molar-refractivity contribution is 5.45. The molecule has 0 radical (unpaired) electrons. The number of rotatable bonds is 3. The third-order valence-electron chi connectivity index (χ3n) is 2.66. The molecule has 5 nitrogen and oxygen atoms in total. The molecule has 1 aromatic carbocycles. The highest BCUT2D eigenvalue weighted by Gasteiger charge is 2.45. The average Bonchev–Trinajstić information content (AvgIpc) is 2.99. The van der Waals surface area contributed by atoms with E-state index >= 15 is 0 Å². The molecule has 1 aromatic rings. The van der Waals surface area contributed by atoms with Crippen molar-refractivity contribution >= 4 is 11.8 Å². The van der Waals surface area contributed by atoms with Crippen molar-refractivity contribution in [1.29, 1.82) is 0 Å². The molecule has 6 heteroatoms. The molecule has 1 aliphatic rings. The molecule has 0 atom stereocenters. The van der Waals surface area contributed by atoms with E-state index in [9.17, 15) is 19.3 Å². The summed E-state index contributed by atoms with van der Waals surface area (Å²) in [6, 6.07) is 3.56. The maximum Gasteiger partial charge on any atom is 0.305 e. The van der Waals surface area contributed by atoms with E-state index in [1.807, 2.05) is 0 Å². The summed E-state index contributed by atoms with van der Waals surface area (Å²) in [4.78, 5) is 23.6. The lowest BCUT2D eigenvalue weighted by atomic mass is 10.0. The van der Waals surface area contributed by atoms with Crippen LogP contribution in [0.3, 0.4) is 0 Å². The van der Waals surface area contributed by atoms with Crippen LogP contribution in [0.25, 0.3) is 0 Å². The number of aliphatic imine (C=N–C) groups is 1. The van der Waals surface area contributed by atoms with Gasteiger partial charge in [-0.2, -0.15) is 9.38 Å². The molecular weight excluding hydrogens is 215 g/mol. The van der Waals surface area contributed by atoms with E-state index in [2.05, 4.69) is 4.99 Å². The van der Waals surface area contributed by atoms with Crippen LogP contribution in [0.15, 0.2) is 23.2 Å². The molecule has 0 aromatic heterocycles. The summed E-state index contributed by atoms with van der Waals surface area (Å²) in [5.74, 6) is -0.889. The van der Waals surface area contributed by atoms with Crippen molar-refractivity contribution < 1.29 is 14.1 Å². The molecule has 0 bridgehead atoms. The van der Waals surface area contributed by atoms with Gasteiger partial charge in [0.15, 0.2) is 0 Å². The summed E-state index contributed by atoms with van der Waals surface area (Å²) in [6.07, 6.45) is 2.70. The molecule has 0 saturated heterocycles. The highest BCUT2D eigenvalue weighted by Crippen LogP contribution is 2.49. The molecule has 0 amide bonds. The smallest absolute Gasteiger partial charge is 0.258 e. The van der Waals surface area contributed by atoms with Gasteiger partial charge < -0.3 is 0 Å². The SMILES string of the molecule is O=C=NC1(c2ccc(F)c([N+](=O)[O-])c2)CC1. The molecule has 16 heavy (non-hydrogen) atoms. The van der Waals surface area contributed by atoms with E-state index in [1.54, 1.807) is 0 Å². The van der Waals surface area contributed by atoms with Crippen LogP contribution in [-0.2, 0) is 10.3 Å². The van der Waals surface area contributed by atoms with Crippen molar-refractivity contribution in [3.05, 3.63) is 39.7 Å². The van der Waals surface area contributed by atoms with Gasteiger partial charge in [0.25, 0.3) is 0 Å². The van der Waals surface area contributed by atoms with Gasteiger partial charge in [0.05, 0.1) is 10.5 Å². The Labute approximate surface area is 89.8 Å². The Morgan fingerprint density at radius 2 is 2.19 bits per heavy atom. The number of carbonyl (C=O) groups excluding carboxylic acids is 1. The molecule has 0 aliphatic heterocycles. The molecule has 1 saturated carbocycles. The average molecular weight is 222 g/mol. The minimum atomic E-state index is -0.889. The zero-order chi connectivity index (χ0) is 11.8. The van der Waals surface area contributed by atoms with Gasteiger partial charge in [-0.05, 0) is 24.5 Å². The maximum atomic E-state index is 13.1. The lowest BCUT2D eigenvalue weighted by molar-refractivity contribution is -0.387. The topological polar surface area (TPSA) is 72.6 Å². The third kappa shape index (κ3) is 1.59. The van der Waals surface area contributed by atoms with Crippen LogP contribution in [0.4, 0.5) is 10.1 Å². The zero-order valence-electron chi connectivity index (χ0n) is 8.14. The van der Waals surface area contributed by atoms with Crippen LogP contribution >= 0.6 is 0 Å². The second-order valence-corrected chi connectivity index (χ2v) is 3.66. The first-order valence-electron chi connectivity index (χ1n) is 4.62. The Morgan fingerprint density at radius 3 is 2.69 bits per heavy atom. The predicted molar refractivity (Wildman–Crippen MR) is 52.1 cm³/mol. The molecule has 0 spiro atoms. The maximum absolute atomic E-state index is 13.1. The van der Waals surface area contributed by atoms with Gasteiger partial charge in [-0.3, -0.25) is 10.1 Å². The summed E-state index contributed by atoms with van der Waals surface area (Å²) < 4.78 is 13.1. The lowest BCUT2D eigenvalue weighted by Gasteiger charge is -2.07. The van der Waals surface area contributed by atoms with Gasteiger partial charge in [0, 0.05) is 6.07 Å². The van der Waals surface area contributed by atoms with Crippen molar-refractivity contribution in [1.82, 2.24) is 0 Å². The first-order chi connectivity index (χ1) is 7.59. The van der Waals surface area contributed by atoms with Crippen molar-refractivity contribution in [3.63, 3.8) is 0 Å². The van der Waals surface area contributed by atoms with E-state index in [4.69, 9.17) is 0 Å². The van der Waals surface area contributed by atoms with E-state index in [0.29, 0.717) is 18.4 Å². The second kappa shape index (κ2) is 3.50. The molecule has 2 rings (SSSR count). The fourth-order valence-electron chi connectivity index (χ4n) is 1.61. The molecule has 0 unspecified atom stereocenters. The van der Waals surface area contributed by atoms with Gasteiger partial charge in [-0.25, -0.2) is 4.79 Å². The first-order valence-corrected chi connectivity index (χ1v) is 4.62. The van der Waals surface area contributed by atoms with Crippen LogP contribution in [0, 0.1) is 15.9 Å². The largest absolute Gasteiger partial charge is 0.305 e. The number of benzene rings is 1. The summed E-state index contributed by atoms with van der Waals surface area (Å²) >= 11 is 0. The Kier molecular flexibility index (Phi) is 2.29. The normalized spacial score (nSPS) is 16.3. The van der Waals surface area contributed by atoms with Gasteiger partial charge in [0.1, 0.15) is 0 Å². The number of isocyanates is 1. The number of nitro benzene ring substituents is 1. The second-order valence-electron chi connectivity index (χ2n) is 3.66. The number of halogens is 1. The van der Waals surface area contributed by atoms with Crippen molar-refractivity contribution in [2.45, 2.75) is 18.4 Å². The minimum absolute atomic E-state index is 0.490. The van der Waals surface area contributed by atoms with Crippen LogP contribution in [-0.4, -0.2) is 11.0 Å². The van der Waals surface area contributed by atoms with Crippen molar-refractivity contribution in [2.75, 3.05) is 0 Å².